The van der Waals surface area contributed by atoms with Crippen LogP contribution in [-0.2, 0) is 11.3 Å². The average molecular weight is 215 g/mol. The monoisotopic (exact) mass is 214 g/mol. The molecule has 0 radical (unpaired) electrons. The van der Waals surface area contributed by atoms with Gasteiger partial charge in [-0.05, 0) is 6.92 Å². The first-order valence-corrected chi connectivity index (χ1v) is 4.47. The van der Waals surface area contributed by atoms with Crippen LogP contribution in [0.25, 0.3) is 0 Å². The Kier molecular flexibility index (Phi) is 3.79. The molecule has 0 saturated heterocycles. The van der Waals surface area contributed by atoms with E-state index >= 15 is 0 Å². The maximum atomic E-state index is 11.1. The van der Waals surface area contributed by atoms with Crippen LogP contribution < -0.4 is 11.1 Å². The molecule has 1 rings (SSSR count). The van der Waals surface area contributed by atoms with E-state index in [0.29, 0.717) is 5.69 Å². The molecule has 1 aromatic heterocycles. The third kappa shape index (κ3) is 2.93. The second kappa shape index (κ2) is 4.88. The summed E-state index contributed by atoms with van der Waals surface area (Å²) < 4.78 is 0. The van der Waals surface area contributed by atoms with Gasteiger partial charge in [0.15, 0.2) is 5.15 Å². The maximum Gasteiger partial charge on any atom is 0.236 e. The Labute approximate surface area is 86.7 Å². The number of rotatable bonds is 3. The van der Waals surface area contributed by atoms with E-state index in [2.05, 4.69) is 15.3 Å². The number of hydrogen-bond acceptors (Lipinski definition) is 4. The van der Waals surface area contributed by atoms with Crippen molar-refractivity contribution in [2.45, 2.75) is 19.5 Å². The fraction of sp³-hybridized carbons (Fsp3) is 0.375. The molecular weight excluding hydrogens is 204 g/mol. The van der Waals surface area contributed by atoms with Crippen LogP contribution >= 0.6 is 11.6 Å². The Morgan fingerprint density at radius 1 is 1.64 bits per heavy atom. The third-order valence-corrected chi connectivity index (χ3v) is 1.88. The van der Waals surface area contributed by atoms with Crippen LogP contribution in [0.4, 0.5) is 0 Å². The summed E-state index contributed by atoms with van der Waals surface area (Å²) in [6.07, 6.45) is 3.00. The van der Waals surface area contributed by atoms with Gasteiger partial charge in [-0.15, -0.1) is 0 Å². The molecule has 76 valence electrons. The summed E-state index contributed by atoms with van der Waals surface area (Å²) in [5, 5.41) is 2.88. The molecule has 0 unspecified atom stereocenters. The molecule has 1 atom stereocenters. The van der Waals surface area contributed by atoms with Crippen molar-refractivity contribution in [3.05, 3.63) is 23.2 Å². The highest BCUT2D eigenvalue weighted by molar-refractivity contribution is 6.29. The topological polar surface area (TPSA) is 80.9 Å². The van der Waals surface area contributed by atoms with Gasteiger partial charge in [-0.3, -0.25) is 9.78 Å². The second-order valence-corrected chi connectivity index (χ2v) is 3.16. The van der Waals surface area contributed by atoms with Gasteiger partial charge in [0.2, 0.25) is 5.91 Å². The van der Waals surface area contributed by atoms with Crippen LogP contribution in [0.2, 0.25) is 5.15 Å². The number of nitrogens with one attached hydrogen (secondary N) is 1. The van der Waals surface area contributed by atoms with Gasteiger partial charge in [0.25, 0.3) is 0 Å². The molecular formula is C8H11ClN4O. The second-order valence-electron chi connectivity index (χ2n) is 2.80. The maximum absolute atomic E-state index is 11.1. The molecule has 0 bridgehead atoms. The summed E-state index contributed by atoms with van der Waals surface area (Å²) in [4.78, 5) is 18.9. The van der Waals surface area contributed by atoms with Crippen LogP contribution in [0.1, 0.15) is 12.6 Å². The van der Waals surface area contributed by atoms with E-state index in [1.165, 1.54) is 12.4 Å². The van der Waals surface area contributed by atoms with E-state index in [9.17, 15) is 4.79 Å². The lowest BCUT2D eigenvalue weighted by Crippen LogP contribution is -2.38. The van der Waals surface area contributed by atoms with Crippen molar-refractivity contribution >= 4 is 17.5 Å². The summed E-state index contributed by atoms with van der Waals surface area (Å²) in [5.74, 6) is -0.244. The minimum atomic E-state index is -0.537. The summed E-state index contributed by atoms with van der Waals surface area (Å²) in [6.45, 7) is 1.85. The molecule has 1 heterocycles. The van der Waals surface area contributed by atoms with Crippen molar-refractivity contribution in [3.63, 3.8) is 0 Å². The standard InChI is InChI=1S/C8H11ClN4O/c1-5(10)8(14)13-4-6-7(9)12-3-2-11-6/h2-3,5H,4,10H2,1H3,(H,13,14)/t5-/m0/s1. The van der Waals surface area contributed by atoms with Gasteiger partial charge >= 0.3 is 0 Å². The van der Waals surface area contributed by atoms with Gasteiger partial charge in [0.05, 0.1) is 18.3 Å². The Morgan fingerprint density at radius 3 is 2.86 bits per heavy atom. The van der Waals surface area contributed by atoms with Gasteiger partial charge in [0.1, 0.15) is 0 Å². The molecule has 0 saturated carbocycles. The number of nitrogens with two attached hydrogens (primary N) is 1. The SMILES string of the molecule is C[C@H](N)C(=O)NCc1nccnc1Cl. The van der Waals surface area contributed by atoms with Crippen LogP contribution in [0.3, 0.4) is 0 Å². The van der Waals surface area contributed by atoms with Crippen molar-refractivity contribution in [1.82, 2.24) is 15.3 Å². The van der Waals surface area contributed by atoms with Crippen molar-refractivity contribution < 1.29 is 4.79 Å². The van der Waals surface area contributed by atoms with Crippen molar-refractivity contribution in [3.8, 4) is 0 Å². The number of nitrogens with zero attached hydrogens (tertiary/aromatic N) is 2. The average Bonchev–Trinajstić information content (AvgIpc) is 2.16. The van der Waals surface area contributed by atoms with E-state index in [4.69, 9.17) is 17.3 Å². The fourth-order valence-electron chi connectivity index (χ4n) is 0.800. The fourth-order valence-corrected chi connectivity index (χ4v) is 0.972. The van der Waals surface area contributed by atoms with E-state index in [0.717, 1.165) is 0 Å². The smallest absolute Gasteiger partial charge is 0.236 e. The lowest BCUT2D eigenvalue weighted by Gasteiger charge is -2.07. The Morgan fingerprint density at radius 2 is 2.29 bits per heavy atom. The van der Waals surface area contributed by atoms with Crippen LogP contribution in [0.5, 0.6) is 0 Å². The first kappa shape index (κ1) is 10.9. The normalized spacial score (nSPS) is 12.2. The first-order chi connectivity index (χ1) is 6.61. The molecule has 0 aromatic carbocycles. The third-order valence-electron chi connectivity index (χ3n) is 1.57. The Balaban J connectivity index is 2.54. The van der Waals surface area contributed by atoms with E-state index < -0.39 is 6.04 Å². The largest absolute Gasteiger partial charge is 0.349 e. The van der Waals surface area contributed by atoms with E-state index in [-0.39, 0.29) is 17.6 Å². The molecule has 1 amide bonds. The lowest BCUT2D eigenvalue weighted by atomic mass is 10.3. The number of amides is 1. The van der Waals surface area contributed by atoms with Gasteiger partial charge < -0.3 is 11.1 Å². The number of halogens is 1. The molecule has 0 spiro atoms. The van der Waals surface area contributed by atoms with Gasteiger partial charge in [0, 0.05) is 12.4 Å². The van der Waals surface area contributed by atoms with Gasteiger partial charge in [-0.2, -0.15) is 0 Å². The zero-order valence-electron chi connectivity index (χ0n) is 7.70. The zero-order chi connectivity index (χ0) is 10.6. The molecule has 14 heavy (non-hydrogen) atoms. The van der Waals surface area contributed by atoms with E-state index in [1.54, 1.807) is 6.92 Å². The number of hydrogen-bond donors (Lipinski definition) is 2. The first-order valence-electron chi connectivity index (χ1n) is 4.10. The quantitative estimate of drug-likeness (QED) is 0.748. The highest BCUT2D eigenvalue weighted by atomic mass is 35.5. The molecule has 0 aliphatic rings. The minimum Gasteiger partial charge on any atom is -0.349 e. The molecule has 0 aliphatic carbocycles. The summed E-state index contributed by atoms with van der Waals surface area (Å²) in [6, 6.07) is -0.537. The Hall–Kier alpha value is -1.20. The molecule has 0 fully saturated rings. The van der Waals surface area contributed by atoms with Crippen LogP contribution in [0.15, 0.2) is 12.4 Å². The lowest BCUT2D eigenvalue weighted by molar-refractivity contribution is -0.122. The van der Waals surface area contributed by atoms with Crippen molar-refractivity contribution in [2.24, 2.45) is 5.73 Å². The molecule has 1 aromatic rings. The van der Waals surface area contributed by atoms with Crippen LogP contribution in [-0.4, -0.2) is 21.9 Å². The minimum absolute atomic E-state index is 0.243. The highest BCUT2D eigenvalue weighted by Gasteiger charge is 2.08. The molecule has 3 N–H and O–H groups in total. The summed E-state index contributed by atoms with van der Waals surface area (Å²) in [7, 11) is 0. The van der Waals surface area contributed by atoms with Crippen LogP contribution in [0, 0.1) is 0 Å². The molecule has 0 aliphatic heterocycles. The summed E-state index contributed by atoms with van der Waals surface area (Å²) >= 11 is 5.73. The summed E-state index contributed by atoms with van der Waals surface area (Å²) in [5.41, 5.74) is 5.89. The van der Waals surface area contributed by atoms with E-state index in [1.807, 2.05) is 0 Å². The number of carbonyl (C=O) groups excluding carboxylic acids is 1. The predicted octanol–water partition coefficient (Wildman–Crippen LogP) is 0.0934. The molecule has 6 heteroatoms. The number of carbonyl (C=O) groups is 1. The number of aromatic nitrogens is 2. The van der Waals surface area contributed by atoms with Crippen molar-refractivity contribution in [2.75, 3.05) is 0 Å². The van der Waals surface area contributed by atoms with Gasteiger partial charge in [-0.25, -0.2) is 4.98 Å². The zero-order valence-corrected chi connectivity index (χ0v) is 8.45. The van der Waals surface area contributed by atoms with Gasteiger partial charge in [-0.1, -0.05) is 11.6 Å². The highest BCUT2D eigenvalue weighted by Crippen LogP contribution is 2.07. The Bertz CT molecular complexity index is 329. The predicted molar refractivity (Wildman–Crippen MR) is 52.5 cm³/mol. The van der Waals surface area contributed by atoms with Crippen molar-refractivity contribution in [1.29, 1.82) is 0 Å². The molecule has 5 nitrogen and oxygen atoms in total.